The quantitative estimate of drug-likeness (QED) is 0.425. The number of carbonyl (C=O) groups is 2. The van der Waals surface area contributed by atoms with Crippen LogP contribution in [0.5, 0.6) is 5.75 Å². The van der Waals surface area contributed by atoms with Crippen LogP contribution in [0.1, 0.15) is 55.9 Å². The van der Waals surface area contributed by atoms with Crippen LogP contribution in [0.2, 0.25) is 5.02 Å². The number of hydrogen-bond donors (Lipinski definition) is 2. The van der Waals surface area contributed by atoms with Gasteiger partial charge in [-0.2, -0.15) is 0 Å². The van der Waals surface area contributed by atoms with Gasteiger partial charge in [0, 0.05) is 24.8 Å². The van der Waals surface area contributed by atoms with Crippen molar-refractivity contribution in [1.29, 1.82) is 0 Å². The first-order valence-electron chi connectivity index (χ1n) is 11.4. The number of benzene rings is 1. The monoisotopic (exact) mass is 522 g/mol. The molecular formula is C25H29ClF2N4O4. The van der Waals surface area contributed by atoms with Crippen molar-refractivity contribution in [2.45, 2.75) is 59.3 Å². The van der Waals surface area contributed by atoms with Gasteiger partial charge < -0.3 is 20.1 Å². The standard InChI is InChI=1S/C25H29ClF2N4O4/c1-6-16(31-24(34)36-25(3,4)5)11-29-23(33)21-14(2)30-22-20(10-15(26)12-32(21)22)35-13-17-18(27)8-7-9-19(17)28/h7-10,12,16H,6,11,13H2,1-5H3,(H,29,33)(H,31,34)/t16-/m1/s1. The fourth-order valence-corrected chi connectivity index (χ4v) is 3.66. The van der Waals surface area contributed by atoms with Gasteiger partial charge in [-0.25, -0.2) is 18.6 Å². The number of fused-ring (bicyclic) bond motifs is 1. The van der Waals surface area contributed by atoms with Crippen LogP contribution in [0.15, 0.2) is 30.5 Å². The lowest BCUT2D eigenvalue weighted by Crippen LogP contribution is -2.45. The zero-order chi connectivity index (χ0) is 26.6. The Hall–Kier alpha value is -3.40. The fourth-order valence-electron chi connectivity index (χ4n) is 3.47. The molecule has 11 heteroatoms. The molecule has 2 aromatic heterocycles. The number of halogens is 3. The minimum Gasteiger partial charge on any atom is -0.485 e. The van der Waals surface area contributed by atoms with E-state index in [9.17, 15) is 18.4 Å². The van der Waals surface area contributed by atoms with Crippen LogP contribution in [0.4, 0.5) is 13.6 Å². The molecule has 0 saturated heterocycles. The molecule has 0 spiro atoms. The third-order valence-electron chi connectivity index (χ3n) is 5.20. The van der Waals surface area contributed by atoms with Crippen molar-refractivity contribution < 1.29 is 27.8 Å². The molecule has 0 aliphatic heterocycles. The summed E-state index contributed by atoms with van der Waals surface area (Å²) in [6.07, 6.45) is 1.48. The van der Waals surface area contributed by atoms with Crippen LogP contribution < -0.4 is 15.4 Å². The van der Waals surface area contributed by atoms with Gasteiger partial charge in [-0.05, 0) is 46.2 Å². The molecule has 0 fully saturated rings. The third-order valence-corrected chi connectivity index (χ3v) is 5.41. The Bertz CT molecular complexity index is 1250. The lowest BCUT2D eigenvalue weighted by atomic mass is 10.2. The zero-order valence-corrected chi connectivity index (χ0v) is 21.5. The van der Waals surface area contributed by atoms with E-state index in [4.69, 9.17) is 21.1 Å². The Morgan fingerprint density at radius 3 is 2.50 bits per heavy atom. The van der Waals surface area contributed by atoms with Gasteiger partial charge in [-0.15, -0.1) is 0 Å². The van der Waals surface area contributed by atoms with E-state index in [1.165, 1.54) is 22.7 Å². The number of ether oxygens (including phenoxy) is 2. The van der Waals surface area contributed by atoms with Gasteiger partial charge in [0.25, 0.3) is 5.91 Å². The Morgan fingerprint density at radius 2 is 1.89 bits per heavy atom. The summed E-state index contributed by atoms with van der Waals surface area (Å²) in [6, 6.07) is 4.64. The topological polar surface area (TPSA) is 94.0 Å². The number of nitrogens with one attached hydrogen (secondary N) is 2. The molecule has 1 atom stereocenters. The summed E-state index contributed by atoms with van der Waals surface area (Å²) >= 11 is 6.24. The number of carbonyl (C=O) groups excluding carboxylic acids is 2. The molecule has 0 radical (unpaired) electrons. The van der Waals surface area contributed by atoms with E-state index < -0.39 is 35.8 Å². The van der Waals surface area contributed by atoms with Crippen molar-refractivity contribution in [3.63, 3.8) is 0 Å². The van der Waals surface area contributed by atoms with Crippen LogP contribution >= 0.6 is 11.6 Å². The minimum atomic E-state index is -0.738. The smallest absolute Gasteiger partial charge is 0.407 e. The Labute approximate surface area is 212 Å². The Morgan fingerprint density at radius 1 is 1.22 bits per heavy atom. The zero-order valence-electron chi connectivity index (χ0n) is 20.7. The van der Waals surface area contributed by atoms with Crippen LogP contribution in [-0.2, 0) is 11.3 Å². The van der Waals surface area contributed by atoms with E-state index in [-0.39, 0.29) is 40.3 Å². The van der Waals surface area contributed by atoms with Gasteiger partial charge in [0.1, 0.15) is 29.5 Å². The first kappa shape index (κ1) is 27.2. The summed E-state index contributed by atoms with van der Waals surface area (Å²) in [6.45, 7) is 8.56. The molecular weight excluding hydrogens is 494 g/mol. The molecule has 194 valence electrons. The predicted molar refractivity (Wildman–Crippen MR) is 131 cm³/mol. The largest absolute Gasteiger partial charge is 0.485 e. The number of amides is 2. The van der Waals surface area contributed by atoms with Crippen LogP contribution in [0.3, 0.4) is 0 Å². The summed E-state index contributed by atoms with van der Waals surface area (Å²) in [7, 11) is 0. The molecule has 3 rings (SSSR count). The summed E-state index contributed by atoms with van der Waals surface area (Å²) < 4.78 is 40.4. The second-order valence-electron chi connectivity index (χ2n) is 9.21. The highest BCUT2D eigenvalue weighted by molar-refractivity contribution is 6.30. The highest BCUT2D eigenvalue weighted by Crippen LogP contribution is 2.28. The number of pyridine rings is 1. The highest BCUT2D eigenvalue weighted by Gasteiger charge is 2.23. The first-order chi connectivity index (χ1) is 16.9. The first-order valence-corrected chi connectivity index (χ1v) is 11.8. The number of nitrogens with zero attached hydrogens (tertiary/aromatic N) is 2. The van der Waals surface area contributed by atoms with E-state index in [2.05, 4.69) is 15.6 Å². The fraction of sp³-hybridized carbons (Fsp3) is 0.400. The number of aryl methyl sites for hydroxylation is 1. The third kappa shape index (κ3) is 6.63. The summed E-state index contributed by atoms with van der Waals surface area (Å²) in [4.78, 5) is 29.6. The average Bonchev–Trinajstić information content (AvgIpc) is 3.10. The summed E-state index contributed by atoms with van der Waals surface area (Å²) in [5.41, 5.74) is -0.0138. The van der Waals surface area contributed by atoms with Crippen molar-refractivity contribution >= 4 is 29.2 Å². The molecule has 2 amide bonds. The van der Waals surface area contributed by atoms with Crippen LogP contribution in [-0.4, -0.2) is 39.6 Å². The van der Waals surface area contributed by atoms with Crippen molar-refractivity contribution in [3.8, 4) is 5.75 Å². The molecule has 2 N–H and O–H groups in total. The number of rotatable bonds is 8. The maximum atomic E-state index is 14.0. The van der Waals surface area contributed by atoms with Gasteiger partial charge in [0.15, 0.2) is 11.4 Å². The van der Waals surface area contributed by atoms with Crippen molar-refractivity contribution in [3.05, 3.63) is 64.1 Å². The van der Waals surface area contributed by atoms with Gasteiger partial charge >= 0.3 is 6.09 Å². The molecule has 0 saturated carbocycles. The predicted octanol–water partition coefficient (Wildman–Crippen LogP) is 5.19. The van der Waals surface area contributed by atoms with E-state index in [0.717, 1.165) is 12.1 Å². The van der Waals surface area contributed by atoms with Gasteiger partial charge in [-0.1, -0.05) is 24.6 Å². The van der Waals surface area contributed by atoms with Gasteiger partial charge in [0.05, 0.1) is 16.3 Å². The second-order valence-corrected chi connectivity index (χ2v) is 9.65. The average molecular weight is 523 g/mol. The van der Waals surface area contributed by atoms with E-state index in [0.29, 0.717) is 12.1 Å². The maximum Gasteiger partial charge on any atom is 0.407 e. The molecule has 3 aromatic rings. The SMILES string of the molecule is CC[C@H](CNC(=O)c1c(C)nc2c(OCc3c(F)cccc3F)cc(Cl)cn12)NC(=O)OC(C)(C)C. The van der Waals surface area contributed by atoms with Gasteiger partial charge in [-0.3, -0.25) is 9.20 Å². The lowest BCUT2D eigenvalue weighted by molar-refractivity contribution is 0.0500. The molecule has 0 aliphatic carbocycles. The highest BCUT2D eigenvalue weighted by atomic mass is 35.5. The molecule has 36 heavy (non-hydrogen) atoms. The lowest BCUT2D eigenvalue weighted by Gasteiger charge is -2.23. The summed E-state index contributed by atoms with van der Waals surface area (Å²) in [5.74, 6) is -1.76. The second kappa shape index (κ2) is 11.1. The maximum absolute atomic E-state index is 14.0. The Kier molecular flexibility index (Phi) is 8.39. The van der Waals surface area contributed by atoms with Crippen molar-refractivity contribution in [2.24, 2.45) is 0 Å². The molecule has 0 bridgehead atoms. The number of hydrogen-bond acceptors (Lipinski definition) is 5. The van der Waals surface area contributed by atoms with Crippen LogP contribution in [0.25, 0.3) is 5.65 Å². The van der Waals surface area contributed by atoms with Crippen molar-refractivity contribution in [1.82, 2.24) is 20.0 Å². The number of aromatic nitrogens is 2. The molecule has 2 heterocycles. The number of imidazole rings is 1. The molecule has 0 unspecified atom stereocenters. The minimum absolute atomic E-state index is 0.151. The normalized spacial score (nSPS) is 12.3. The Balaban J connectivity index is 1.78. The molecule has 0 aliphatic rings. The van der Waals surface area contributed by atoms with Crippen LogP contribution in [0, 0.1) is 18.6 Å². The van der Waals surface area contributed by atoms with Gasteiger partial charge in [0.2, 0.25) is 0 Å². The van der Waals surface area contributed by atoms with Crippen molar-refractivity contribution in [2.75, 3.05) is 6.54 Å². The number of alkyl carbamates (subject to hydrolysis) is 1. The molecule has 8 nitrogen and oxygen atoms in total. The summed E-state index contributed by atoms with van der Waals surface area (Å²) in [5, 5.41) is 5.76. The van der Waals surface area contributed by atoms with E-state index in [1.807, 2.05) is 6.92 Å². The van der Waals surface area contributed by atoms with E-state index >= 15 is 0 Å². The molecule has 1 aromatic carbocycles. The van der Waals surface area contributed by atoms with E-state index in [1.54, 1.807) is 27.7 Å².